The fraction of sp³-hybridized carbons (Fsp3) is 0.120. The molecule has 3 rings (SSSR count). The molecule has 0 radical (unpaired) electrons. The van der Waals surface area contributed by atoms with Crippen LogP contribution in [0.4, 0.5) is 0 Å². The van der Waals surface area contributed by atoms with E-state index in [1.165, 1.54) is 7.11 Å². The maximum absolute atomic E-state index is 12.2. The van der Waals surface area contributed by atoms with Crippen LogP contribution in [0, 0.1) is 18.3 Å². The molecule has 0 aliphatic rings. The predicted octanol–water partition coefficient (Wildman–Crippen LogP) is 5.71. The molecule has 0 spiro atoms. The number of benzene rings is 3. The van der Waals surface area contributed by atoms with Gasteiger partial charge in [-0.1, -0.05) is 48.0 Å². The third-order valence-electron chi connectivity index (χ3n) is 4.44. The van der Waals surface area contributed by atoms with Gasteiger partial charge < -0.3 is 14.2 Å². The number of carbonyl (C=O) groups excluding carboxylic acids is 1. The maximum atomic E-state index is 12.2. The Kier molecular flexibility index (Phi) is 7.31. The second kappa shape index (κ2) is 10.3. The van der Waals surface area contributed by atoms with Gasteiger partial charge >= 0.3 is 5.97 Å². The van der Waals surface area contributed by atoms with Crippen molar-refractivity contribution in [1.82, 2.24) is 0 Å². The summed E-state index contributed by atoms with van der Waals surface area (Å²) < 4.78 is 16.3. The van der Waals surface area contributed by atoms with Gasteiger partial charge in [-0.2, -0.15) is 5.26 Å². The Balaban J connectivity index is 1.73. The number of allylic oxidation sites excluding steroid dienone is 1. The molecule has 0 atom stereocenters. The molecule has 0 N–H and O–H groups in total. The van der Waals surface area contributed by atoms with E-state index in [9.17, 15) is 10.1 Å². The number of nitrogens with zero attached hydrogens (tertiary/aromatic N) is 1. The van der Waals surface area contributed by atoms with Gasteiger partial charge in [-0.3, -0.25) is 0 Å². The second-order valence-corrected chi connectivity index (χ2v) is 7.05. The van der Waals surface area contributed by atoms with Crippen molar-refractivity contribution in [2.24, 2.45) is 0 Å². The van der Waals surface area contributed by atoms with E-state index < -0.39 is 5.97 Å². The van der Waals surface area contributed by atoms with Gasteiger partial charge in [-0.25, -0.2) is 4.79 Å². The van der Waals surface area contributed by atoms with Crippen LogP contribution in [-0.4, -0.2) is 19.7 Å². The van der Waals surface area contributed by atoms with Crippen molar-refractivity contribution in [3.05, 3.63) is 88.4 Å². The maximum Gasteiger partial charge on any atom is 0.349 e. The molecule has 0 aromatic heterocycles. The van der Waals surface area contributed by atoms with E-state index >= 15 is 0 Å². The molecule has 0 saturated heterocycles. The third kappa shape index (κ3) is 5.88. The van der Waals surface area contributed by atoms with Crippen molar-refractivity contribution < 1.29 is 19.0 Å². The van der Waals surface area contributed by atoms with Crippen molar-refractivity contribution in [1.29, 1.82) is 5.26 Å². The zero-order valence-electron chi connectivity index (χ0n) is 17.1. The summed E-state index contributed by atoms with van der Waals surface area (Å²) in [6.07, 6.45) is 1.72. The van der Waals surface area contributed by atoms with Crippen molar-refractivity contribution in [2.45, 2.75) is 6.92 Å². The van der Waals surface area contributed by atoms with Gasteiger partial charge in [0.2, 0.25) is 0 Å². The molecule has 156 valence electrons. The Bertz CT molecular complexity index is 1150. The molecular weight excluding hydrogens is 414 g/mol. The van der Waals surface area contributed by atoms with Crippen molar-refractivity contribution in [2.75, 3.05) is 13.7 Å². The first-order valence-corrected chi connectivity index (χ1v) is 9.83. The van der Waals surface area contributed by atoms with Crippen LogP contribution in [0.3, 0.4) is 0 Å². The van der Waals surface area contributed by atoms with E-state index in [1.54, 1.807) is 54.6 Å². The number of hydrogen-bond donors (Lipinski definition) is 0. The van der Waals surface area contributed by atoms with Gasteiger partial charge in [0.1, 0.15) is 5.75 Å². The van der Waals surface area contributed by atoms with Crippen LogP contribution in [0.5, 0.6) is 17.2 Å². The quantitative estimate of drug-likeness (QED) is 0.207. The highest BCUT2D eigenvalue weighted by Crippen LogP contribution is 2.30. The second-order valence-electron chi connectivity index (χ2n) is 6.62. The monoisotopic (exact) mass is 433 g/mol. The van der Waals surface area contributed by atoms with Crippen molar-refractivity contribution >= 4 is 29.2 Å². The molecular formula is C25H20ClNO4. The van der Waals surface area contributed by atoms with Crippen LogP contribution in [-0.2, 0) is 4.79 Å². The largest absolute Gasteiger partial charge is 0.493 e. The van der Waals surface area contributed by atoms with Crippen LogP contribution >= 0.6 is 11.6 Å². The normalized spacial score (nSPS) is 10.8. The molecule has 0 saturated carbocycles. The highest BCUT2D eigenvalue weighted by atomic mass is 35.5. The first-order chi connectivity index (χ1) is 15.0. The summed E-state index contributed by atoms with van der Waals surface area (Å²) in [4.78, 5) is 12.2. The van der Waals surface area contributed by atoms with E-state index in [1.807, 2.05) is 25.1 Å². The van der Waals surface area contributed by atoms with Gasteiger partial charge in [-0.15, -0.1) is 0 Å². The molecule has 0 unspecified atom stereocenters. The third-order valence-corrected chi connectivity index (χ3v) is 4.69. The number of methoxy groups -OCH3 is 1. The molecule has 0 heterocycles. The van der Waals surface area contributed by atoms with E-state index in [4.69, 9.17) is 25.8 Å². The van der Waals surface area contributed by atoms with E-state index in [0.717, 1.165) is 16.7 Å². The number of carbonyl (C=O) groups is 1. The number of esters is 1. The lowest BCUT2D eigenvalue weighted by Crippen LogP contribution is -2.18. The molecule has 0 bridgehead atoms. The van der Waals surface area contributed by atoms with Gasteiger partial charge in [0, 0.05) is 5.02 Å². The molecule has 0 aliphatic carbocycles. The summed E-state index contributed by atoms with van der Waals surface area (Å²) in [5.41, 5.74) is 2.86. The Morgan fingerprint density at radius 2 is 1.77 bits per heavy atom. The van der Waals surface area contributed by atoms with Crippen LogP contribution in [0.15, 0.2) is 66.7 Å². The number of para-hydroxylation sites is 1. The molecule has 6 heteroatoms. The lowest BCUT2D eigenvalue weighted by molar-refractivity contribution is -0.136. The average molecular weight is 434 g/mol. The molecule has 3 aromatic rings. The van der Waals surface area contributed by atoms with Crippen molar-refractivity contribution in [3.8, 4) is 23.3 Å². The molecule has 5 nitrogen and oxygen atoms in total. The SMILES string of the molecule is COc1cc(C=C(C#N)c2ccc(Cl)cc2)ccc1OC(=O)COc1ccccc1C. The number of hydrogen-bond acceptors (Lipinski definition) is 5. The van der Waals surface area contributed by atoms with Crippen molar-refractivity contribution in [3.63, 3.8) is 0 Å². The van der Waals surface area contributed by atoms with E-state index in [-0.39, 0.29) is 12.4 Å². The van der Waals surface area contributed by atoms with Gasteiger partial charge in [0.25, 0.3) is 0 Å². The van der Waals surface area contributed by atoms with Gasteiger partial charge in [-0.05, 0) is 60.0 Å². The summed E-state index contributed by atoms with van der Waals surface area (Å²) in [5, 5.41) is 10.1. The van der Waals surface area contributed by atoms with Crippen LogP contribution in [0.2, 0.25) is 5.02 Å². The topological polar surface area (TPSA) is 68.5 Å². The number of nitriles is 1. The standard InChI is InChI=1S/C25H20ClNO4/c1-17-5-3-4-6-22(17)30-16-25(28)31-23-12-7-18(14-24(23)29-2)13-20(15-27)19-8-10-21(26)11-9-19/h3-14H,16H2,1-2H3. The van der Waals surface area contributed by atoms with Gasteiger partial charge in [0.15, 0.2) is 18.1 Å². The Labute approximate surface area is 186 Å². The first-order valence-electron chi connectivity index (χ1n) is 9.45. The van der Waals surface area contributed by atoms with Crippen LogP contribution in [0.25, 0.3) is 11.6 Å². The Morgan fingerprint density at radius 3 is 2.45 bits per heavy atom. The summed E-state index contributed by atoms with van der Waals surface area (Å²) >= 11 is 5.91. The zero-order valence-corrected chi connectivity index (χ0v) is 17.8. The number of aryl methyl sites for hydroxylation is 1. The molecule has 0 fully saturated rings. The highest BCUT2D eigenvalue weighted by Gasteiger charge is 2.12. The summed E-state index contributed by atoms with van der Waals surface area (Å²) in [7, 11) is 1.48. The molecule has 3 aromatic carbocycles. The van der Waals surface area contributed by atoms with Crippen LogP contribution < -0.4 is 14.2 Å². The Morgan fingerprint density at radius 1 is 1.03 bits per heavy atom. The number of rotatable bonds is 7. The lowest BCUT2D eigenvalue weighted by Gasteiger charge is -2.11. The number of ether oxygens (including phenoxy) is 3. The predicted molar refractivity (Wildman–Crippen MR) is 120 cm³/mol. The minimum Gasteiger partial charge on any atom is -0.493 e. The van der Waals surface area contributed by atoms with E-state index in [2.05, 4.69) is 6.07 Å². The first kappa shape index (κ1) is 21.9. The molecule has 0 aliphatic heterocycles. The van der Waals surface area contributed by atoms with Crippen LogP contribution in [0.1, 0.15) is 16.7 Å². The van der Waals surface area contributed by atoms with E-state index in [0.29, 0.717) is 22.1 Å². The highest BCUT2D eigenvalue weighted by molar-refractivity contribution is 6.30. The number of halogens is 1. The lowest BCUT2D eigenvalue weighted by atomic mass is 10.0. The van der Waals surface area contributed by atoms with Gasteiger partial charge in [0.05, 0.1) is 18.8 Å². The average Bonchev–Trinajstić information content (AvgIpc) is 2.78. The molecule has 31 heavy (non-hydrogen) atoms. The zero-order chi connectivity index (χ0) is 22.2. The Hall–Kier alpha value is -3.75. The molecule has 0 amide bonds. The minimum absolute atomic E-state index is 0.231. The summed E-state index contributed by atoms with van der Waals surface area (Å²) in [5.74, 6) is 0.705. The summed E-state index contributed by atoms with van der Waals surface area (Å²) in [6.45, 7) is 1.67. The minimum atomic E-state index is -0.552. The summed E-state index contributed by atoms with van der Waals surface area (Å²) in [6, 6.07) is 21.7. The fourth-order valence-electron chi connectivity index (χ4n) is 2.84. The fourth-order valence-corrected chi connectivity index (χ4v) is 2.97. The smallest absolute Gasteiger partial charge is 0.349 e.